The predicted molar refractivity (Wildman–Crippen MR) is 101 cm³/mol. The zero-order chi connectivity index (χ0) is 19.0. The number of phenolic OH excluding ortho intramolecular Hbond substituents is 1. The molecule has 0 fully saturated rings. The van der Waals surface area contributed by atoms with Crippen LogP contribution in [-0.4, -0.2) is 26.5 Å². The molecule has 3 aromatic rings. The van der Waals surface area contributed by atoms with Crippen LogP contribution in [0, 0.1) is 5.82 Å². The first-order valence-corrected chi connectivity index (χ1v) is 8.96. The molecule has 0 amide bonds. The van der Waals surface area contributed by atoms with Gasteiger partial charge in [0, 0.05) is 42.2 Å². The number of hydrogen-bond donors (Lipinski definition) is 2. The molecular formula is C20H17ClFN3O2. The Morgan fingerprint density at radius 3 is 2.78 bits per heavy atom. The number of aromatic amines is 1. The highest BCUT2D eigenvalue weighted by molar-refractivity contribution is 6.30. The maximum Gasteiger partial charge on any atom is 0.255 e. The average molecular weight is 386 g/mol. The minimum absolute atomic E-state index is 0.182. The standard InChI is InChI=1S/C20H17ClFN3O2/c21-14-6-4-12(5-7-14)19-23-17-8-9-25(11-15(17)20(27)24-19)10-13-2-1-3-16(22)18(13)26/h1-7,26H,8-11H2,(H,23,24,27). The minimum Gasteiger partial charge on any atom is -0.505 e. The summed E-state index contributed by atoms with van der Waals surface area (Å²) in [5, 5.41) is 10.5. The molecule has 1 aliphatic rings. The third kappa shape index (κ3) is 3.59. The Kier molecular flexibility index (Phi) is 4.68. The number of fused-ring (bicyclic) bond motifs is 1. The van der Waals surface area contributed by atoms with E-state index < -0.39 is 5.82 Å². The molecule has 2 heterocycles. The van der Waals surface area contributed by atoms with Crippen molar-refractivity contribution < 1.29 is 9.50 Å². The van der Waals surface area contributed by atoms with Crippen molar-refractivity contribution in [2.24, 2.45) is 0 Å². The molecule has 5 nitrogen and oxygen atoms in total. The van der Waals surface area contributed by atoms with E-state index in [-0.39, 0.29) is 11.3 Å². The van der Waals surface area contributed by atoms with Crippen LogP contribution in [-0.2, 0) is 19.5 Å². The Balaban J connectivity index is 1.59. The highest BCUT2D eigenvalue weighted by Gasteiger charge is 2.22. The van der Waals surface area contributed by atoms with Gasteiger partial charge in [0.1, 0.15) is 5.82 Å². The molecule has 0 radical (unpaired) electrons. The monoisotopic (exact) mass is 385 g/mol. The zero-order valence-corrected chi connectivity index (χ0v) is 15.1. The molecule has 0 aliphatic carbocycles. The lowest BCUT2D eigenvalue weighted by Crippen LogP contribution is -2.35. The SMILES string of the molecule is O=c1[nH]c(-c2ccc(Cl)cc2)nc2c1CN(Cc1cccc(F)c1O)CC2. The van der Waals surface area contributed by atoms with Gasteiger partial charge in [-0.2, -0.15) is 0 Å². The van der Waals surface area contributed by atoms with E-state index in [2.05, 4.69) is 9.97 Å². The molecule has 7 heteroatoms. The average Bonchev–Trinajstić information content (AvgIpc) is 2.66. The molecule has 2 N–H and O–H groups in total. The first-order valence-electron chi connectivity index (χ1n) is 8.58. The predicted octanol–water partition coefficient (Wildman–Crippen LogP) is 3.49. The normalized spacial score (nSPS) is 14.1. The summed E-state index contributed by atoms with van der Waals surface area (Å²) in [6.45, 7) is 1.43. The van der Waals surface area contributed by atoms with Crippen LogP contribution < -0.4 is 5.56 Å². The fourth-order valence-corrected chi connectivity index (χ4v) is 3.41. The molecule has 1 aliphatic heterocycles. The van der Waals surface area contributed by atoms with Gasteiger partial charge in [0.15, 0.2) is 11.6 Å². The van der Waals surface area contributed by atoms with E-state index in [1.165, 1.54) is 6.07 Å². The van der Waals surface area contributed by atoms with E-state index in [1.807, 2.05) is 17.0 Å². The van der Waals surface area contributed by atoms with Crippen LogP contribution in [0.15, 0.2) is 47.3 Å². The van der Waals surface area contributed by atoms with Crippen LogP contribution in [0.3, 0.4) is 0 Å². The van der Waals surface area contributed by atoms with Crippen molar-refractivity contribution >= 4 is 11.6 Å². The number of hydrogen-bond acceptors (Lipinski definition) is 4. The summed E-state index contributed by atoms with van der Waals surface area (Å²) in [6, 6.07) is 11.6. The van der Waals surface area contributed by atoms with Gasteiger partial charge in [-0.15, -0.1) is 0 Å². The van der Waals surface area contributed by atoms with Crippen molar-refractivity contribution in [2.45, 2.75) is 19.5 Å². The molecule has 0 atom stereocenters. The molecule has 27 heavy (non-hydrogen) atoms. The van der Waals surface area contributed by atoms with Gasteiger partial charge in [-0.3, -0.25) is 9.69 Å². The summed E-state index contributed by atoms with van der Waals surface area (Å²) < 4.78 is 13.5. The summed E-state index contributed by atoms with van der Waals surface area (Å²) in [6.07, 6.45) is 0.607. The number of benzene rings is 2. The Morgan fingerprint density at radius 2 is 2.00 bits per heavy atom. The Morgan fingerprint density at radius 1 is 1.22 bits per heavy atom. The van der Waals surface area contributed by atoms with E-state index >= 15 is 0 Å². The van der Waals surface area contributed by atoms with Gasteiger partial charge >= 0.3 is 0 Å². The smallest absolute Gasteiger partial charge is 0.255 e. The quantitative estimate of drug-likeness (QED) is 0.724. The number of nitrogens with zero attached hydrogens (tertiary/aromatic N) is 2. The number of rotatable bonds is 3. The highest BCUT2D eigenvalue weighted by Crippen LogP contribution is 2.25. The minimum atomic E-state index is -0.642. The second-order valence-corrected chi connectivity index (χ2v) is 6.99. The number of nitrogens with one attached hydrogen (secondary N) is 1. The van der Waals surface area contributed by atoms with Crippen LogP contribution in [0.25, 0.3) is 11.4 Å². The number of aromatic hydroxyl groups is 1. The lowest BCUT2D eigenvalue weighted by Gasteiger charge is -2.28. The lowest BCUT2D eigenvalue weighted by molar-refractivity contribution is 0.238. The van der Waals surface area contributed by atoms with Crippen LogP contribution in [0.5, 0.6) is 5.75 Å². The van der Waals surface area contributed by atoms with Crippen LogP contribution in [0.4, 0.5) is 4.39 Å². The largest absolute Gasteiger partial charge is 0.505 e. The van der Waals surface area contributed by atoms with E-state index in [0.717, 1.165) is 11.3 Å². The van der Waals surface area contributed by atoms with Crippen molar-refractivity contribution in [1.82, 2.24) is 14.9 Å². The molecule has 138 valence electrons. The van der Waals surface area contributed by atoms with Gasteiger partial charge in [0.25, 0.3) is 5.56 Å². The summed E-state index contributed by atoms with van der Waals surface area (Å²) in [5.41, 5.74) is 2.49. The van der Waals surface area contributed by atoms with E-state index in [0.29, 0.717) is 48.0 Å². The first kappa shape index (κ1) is 17.7. The molecule has 2 aromatic carbocycles. The third-order valence-electron chi connectivity index (χ3n) is 4.73. The molecule has 0 bridgehead atoms. The maximum atomic E-state index is 13.5. The molecule has 0 saturated heterocycles. The van der Waals surface area contributed by atoms with Crippen molar-refractivity contribution in [2.75, 3.05) is 6.54 Å². The van der Waals surface area contributed by atoms with Crippen molar-refractivity contribution in [3.8, 4) is 17.1 Å². The molecule has 0 spiro atoms. The molecule has 1 aromatic heterocycles. The van der Waals surface area contributed by atoms with Gasteiger partial charge in [0.05, 0.1) is 11.3 Å². The second-order valence-electron chi connectivity index (χ2n) is 6.55. The number of phenols is 1. The van der Waals surface area contributed by atoms with Crippen molar-refractivity contribution in [3.05, 3.63) is 80.5 Å². The van der Waals surface area contributed by atoms with Gasteiger partial charge in [-0.25, -0.2) is 9.37 Å². The highest BCUT2D eigenvalue weighted by atomic mass is 35.5. The Bertz CT molecular complexity index is 1050. The van der Waals surface area contributed by atoms with E-state index in [1.54, 1.807) is 24.3 Å². The fraction of sp³-hybridized carbons (Fsp3) is 0.200. The molecule has 0 unspecified atom stereocenters. The summed E-state index contributed by atoms with van der Waals surface area (Å²) in [4.78, 5) is 22.0. The third-order valence-corrected chi connectivity index (χ3v) is 4.98. The van der Waals surface area contributed by atoms with Gasteiger partial charge in [-0.1, -0.05) is 23.7 Å². The van der Waals surface area contributed by atoms with Crippen molar-refractivity contribution in [1.29, 1.82) is 0 Å². The summed E-state index contributed by atoms with van der Waals surface area (Å²) in [5.74, 6) is -0.461. The van der Waals surface area contributed by atoms with Crippen LogP contribution in [0.2, 0.25) is 5.02 Å². The van der Waals surface area contributed by atoms with Gasteiger partial charge in [0.2, 0.25) is 0 Å². The second kappa shape index (κ2) is 7.13. The zero-order valence-electron chi connectivity index (χ0n) is 14.4. The summed E-state index contributed by atoms with van der Waals surface area (Å²) >= 11 is 5.91. The van der Waals surface area contributed by atoms with Crippen molar-refractivity contribution in [3.63, 3.8) is 0 Å². The van der Waals surface area contributed by atoms with Crippen LogP contribution >= 0.6 is 11.6 Å². The lowest BCUT2D eigenvalue weighted by atomic mass is 10.0. The summed E-state index contributed by atoms with van der Waals surface area (Å²) in [7, 11) is 0. The number of halogens is 2. The molecule has 0 saturated carbocycles. The molecular weight excluding hydrogens is 369 g/mol. The van der Waals surface area contributed by atoms with E-state index in [4.69, 9.17) is 11.6 Å². The van der Waals surface area contributed by atoms with E-state index in [9.17, 15) is 14.3 Å². The Labute approximate surface area is 160 Å². The topological polar surface area (TPSA) is 69.2 Å². The molecule has 4 rings (SSSR count). The maximum absolute atomic E-state index is 13.5. The fourth-order valence-electron chi connectivity index (χ4n) is 3.29. The number of H-pyrrole nitrogens is 1. The number of aromatic nitrogens is 2. The Hall–Kier alpha value is -2.70. The van der Waals surface area contributed by atoms with Crippen LogP contribution in [0.1, 0.15) is 16.8 Å². The number of para-hydroxylation sites is 1. The van der Waals surface area contributed by atoms with Gasteiger partial charge in [-0.05, 0) is 30.3 Å². The van der Waals surface area contributed by atoms with Gasteiger partial charge < -0.3 is 10.1 Å². The first-order chi connectivity index (χ1) is 13.0.